The molecule has 2 rings (SSSR count). The molecule has 0 saturated heterocycles. The van der Waals surface area contributed by atoms with E-state index in [9.17, 15) is 13.6 Å². The van der Waals surface area contributed by atoms with Gasteiger partial charge in [0.2, 0.25) is 0 Å². The highest BCUT2D eigenvalue weighted by molar-refractivity contribution is 6.53. The van der Waals surface area contributed by atoms with Crippen LogP contribution >= 0.6 is 34.8 Å². The van der Waals surface area contributed by atoms with Crippen molar-refractivity contribution in [1.29, 1.82) is 0 Å². The summed E-state index contributed by atoms with van der Waals surface area (Å²) in [5, 5.41) is 8.84. The van der Waals surface area contributed by atoms with Crippen LogP contribution in [0.4, 0.5) is 8.78 Å². The molecule has 98 valence electrons. The van der Waals surface area contributed by atoms with E-state index in [2.05, 4.69) is 0 Å². The van der Waals surface area contributed by atoms with E-state index in [-0.39, 0.29) is 10.6 Å². The molecule has 1 aromatic carbocycles. The molecule has 0 bridgehead atoms. The van der Waals surface area contributed by atoms with Crippen molar-refractivity contribution in [3.05, 3.63) is 34.3 Å². The highest BCUT2D eigenvalue weighted by Gasteiger charge is 2.68. The molecule has 1 saturated carbocycles. The zero-order valence-corrected chi connectivity index (χ0v) is 11.0. The van der Waals surface area contributed by atoms with Gasteiger partial charge in [-0.2, -0.15) is 0 Å². The molecule has 7 heteroatoms. The second-order valence-electron chi connectivity index (χ2n) is 4.05. The second kappa shape index (κ2) is 4.51. The quantitative estimate of drug-likeness (QED) is 0.847. The summed E-state index contributed by atoms with van der Waals surface area (Å²) in [7, 11) is 0. The van der Waals surface area contributed by atoms with Crippen LogP contribution in [0.5, 0.6) is 0 Å². The van der Waals surface area contributed by atoms with Crippen molar-refractivity contribution in [2.24, 2.45) is 5.92 Å². The Hall–Kier alpha value is -0.580. The summed E-state index contributed by atoms with van der Waals surface area (Å²) < 4.78 is 23.9. The lowest BCUT2D eigenvalue weighted by atomic mass is 10.1. The van der Waals surface area contributed by atoms with Crippen molar-refractivity contribution in [2.45, 2.75) is 16.7 Å². The van der Waals surface area contributed by atoms with Crippen molar-refractivity contribution < 1.29 is 18.7 Å². The lowest BCUT2D eigenvalue weighted by Crippen LogP contribution is -2.03. The fraction of sp³-hybridized carbons (Fsp3) is 0.364. The van der Waals surface area contributed by atoms with E-state index in [1.165, 1.54) is 12.1 Å². The van der Waals surface area contributed by atoms with E-state index < -0.39 is 28.6 Å². The number of carbonyl (C=O) groups is 1. The van der Waals surface area contributed by atoms with E-state index in [1.807, 2.05) is 0 Å². The van der Waals surface area contributed by atoms with Gasteiger partial charge in [-0.1, -0.05) is 40.9 Å². The van der Waals surface area contributed by atoms with Crippen molar-refractivity contribution in [2.75, 3.05) is 0 Å². The Balaban J connectivity index is 2.37. The summed E-state index contributed by atoms with van der Waals surface area (Å²) in [5.41, 5.74) is 0.00133. The molecular formula is C11H7Cl3F2O2. The molecule has 1 aliphatic carbocycles. The van der Waals surface area contributed by atoms with E-state index in [0.29, 0.717) is 5.56 Å². The average Bonchev–Trinajstić information content (AvgIpc) is 2.82. The Morgan fingerprint density at radius 1 is 1.39 bits per heavy atom. The Labute approximate surface area is 116 Å². The number of hydrogen-bond acceptors (Lipinski definition) is 1. The molecule has 2 nitrogen and oxygen atoms in total. The van der Waals surface area contributed by atoms with Gasteiger partial charge < -0.3 is 5.11 Å². The van der Waals surface area contributed by atoms with Gasteiger partial charge in [-0.3, -0.25) is 4.79 Å². The third kappa shape index (κ3) is 2.17. The van der Waals surface area contributed by atoms with Gasteiger partial charge in [-0.05, 0) is 17.7 Å². The molecule has 0 heterocycles. The molecule has 0 amide bonds. The number of carboxylic acid groups (broad SMARTS) is 1. The maximum Gasteiger partial charge on any atom is 0.310 e. The van der Waals surface area contributed by atoms with Gasteiger partial charge in [0.05, 0.1) is 5.92 Å². The summed E-state index contributed by atoms with van der Waals surface area (Å²) in [5.74, 6) is -2.85. The van der Waals surface area contributed by atoms with E-state index in [0.717, 1.165) is 6.07 Å². The Morgan fingerprint density at radius 3 is 2.44 bits per heavy atom. The molecule has 0 unspecified atom stereocenters. The topological polar surface area (TPSA) is 37.3 Å². The van der Waals surface area contributed by atoms with Crippen molar-refractivity contribution >= 4 is 40.8 Å². The first-order valence-corrected chi connectivity index (χ1v) is 6.08. The van der Waals surface area contributed by atoms with Gasteiger partial charge in [0.15, 0.2) is 0 Å². The number of alkyl halides is 4. The molecule has 2 atom stereocenters. The van der Waals surface area contributed by atoms with E-state index in [1.54, 1.807) is 0 Å². The van der Waals surface area contributed by atoms with Crippen LogP contribution in [0.25, 0.3) is 0 Å². The first kappa shape index (κ1) is 13.8. The fourth-order valence-electron chi connectivity index (χ4n) is 1.97. The minimum atomic E-state index is -2.74. The standard InChI is InChI=1S/C11H7Cl3F2O2/c12-6-2-1-4(3-5(6)9(15)16)7-8(10(17)18)11(7,13)14/h1-3,7-9H,(H,17,18)/t7-,8+/m1/s1. The van der Waals surface area contributed by atoms with Crippen LogP contribution in [0.2, 0.25) is 5.02 Å². The lowest BCUT2D eigenvalue weighted by Gasteiger charge is -2.06. The number of halogens is 5. The minimum Gasteiger partial charge on any atom is -0.481 e. The fourth-order valence-corrected chi connectivity index (χ4v) is 2.99. The minimum absolute atomic E-state index is 0.0731. The molecule has 18 heavy (non-hydrogen) atoms. The van der Waals surface area contributed by atoms with Crippen molar-refractivity contribution in [1.82, 2.24) is 0 Å². The number of rotatable bonds is 3. The summed E-state index contributed by atoms with van der Waals surface area (Å²) in [6.07, 6.45) is -2.74. The third-order valence-electron chi connectivity index (χ3n) is 2.93. The zero-order valence-electron chi connectivity index (χ0n) is 8.71. The molecule has 1 fully saturated rings. The predicted molar refractivity (Wildman–Crippen MR) is 64.7 cm³/mol. The Kier molecular flexibility index (Phi) is 3.47. The lowest BCUT2D eigenvalue weighted by molar-refractivity contribution is -0.138. The average molecular weight is 316 g/mol. The first-order valence-electron chi connectivity index (χ1n) is 4.95. The van der Waals surface area contributed by atoms with Crippen LogP contribution in [0.3, 0.4) is 0 Å². The number of hydrogen-bond donors (Lipinski definition) is 1. The summed E-state index contributed by atoms with van der Waals surface area (Å²) >= 11 is 17.3. The molecule has 0 aromatic heterocycles. The van der Waals surface area contributed by atoms with Crippen molar-refractivity contribution in [3.8, 4) is 0 Å². The predicted octanol–water partition coefficient (Wildman–Crippen LogP) is 4.25. The molecule has 0 aliphatic heterocycles. The zero-order chi connectivity index (χ0) is 13.7. The van der Waals surface area contributed by atoms with Gasteiger partial charge in [0.1, 0.15) is 4.33 Å². The molecule has 0 spiro atoms. The van der Waals surface area contributed by atoms with E-state index in [4.69, 9.17) is 39.9 Å². The highest BCUT2D eigenvalue weighted by Crippen LogP contribution is 2.65. The number of aliphatic carboxylic acids is 1. The summed E-state index contributed by atoms with van der Waals surface area (Å²) in [6, 6.07) is 3.90. The van der Waals surface area contributed by atoms with Gasteiger partial charge >= 0.3 is 5.97 Å². The Morgan fingerprint density at radius 2 is 2.00 bits per heavy atom. The first-order chi connectivity index (χ1) is 8.26. The SMILES string of the molecule is O=C(O)[C@@H]1[C@@H](c2ccc(Cl)c(C(F)F)c2)C1(Cl)Cl. The van der Waals surface area contributed by atoms with Gasteiger partial charge in [-0.25, -0.2) is 8.78 Å². The maximum atomic E-state index is 12.7. The maximum absolute atomic E-state index is 12.7. The normalized spacial score (nSPS) is 25.2. The van der Waals surface area contributed by atoms with Crippen LogP contribution < -0.4 is 0 Å². The molecule has 1 aliphatic rings. The Bertz CT molecular complexity index is 505. The van der Waals surface area contributed by atoms with Gasteiger partial charge in [0, 0.05) is 16.5 Å². The monoisotopic (exact) mass is 314 g/mol. The summed E-state index contributed by atoms with van der Waals surface area (Å²) in [4.78, 5) is 10.9. The highest BCUT2D eigenvalue weighted by atomic mass is 35.5. The largest absolute Gasteiger partial charge is 0.481 e. The van der Waals surface area contributed by atoms with Gasteiger partial charge in [-0.15, -0.1) is 0 Å². The van der Waals surface area contributed by atoms with Crippen LogP contribution in [-0.4, -0.2) is 15.4 Å². The summed E-state index contributed by atoms with van der Waals surface area (Å²) in [6.45, 7) is 0. The molecule has 0 radical (unpaired) electrons. The smallest absolute Gasteiger partial charge is 0.310 e. The van der Waals surface area contributed by atoms with Crippen LogP contribution in [0.15, 0.2) is 18.2 Å². The van der Waals surface area contributed by atoms with Crippen LogP contribution in [-0.2, 0) is 4.79 Å². The number of carboxylic acids is 1. The molecule has 1 N–H and O–H groups in total. The molecular weight excluding hydrogens is 308 g/mol. The third-order valence-corrected chi connectivity index (χ3v) is 4.22. The van der Waals surface area contributed by atoms with Crippen LogP contribution in [0.1, 0.15) is 23.5 Å². The molecule has 1 aromatic rings. The van der Waals surface area contributed by atoms with Crippen LogP contribution in [0, 0.1) is 5.92 Å². The second-order valence-corrected chi connectivity index (χ2v) is 5.90. The van der Waals surface area contributed by atoms with E-state index >= 15 is 0 Å². The number of benzene rings is 1. The van der Waals surface area contributed by atoms with Gasteiger partial charge in [0.25, 0.3) is 6.43 Å². The van der Waals surface area contributed by atoms with Crippen molar-refractivity contribution in [3.63, 3.8) is 0 Å².